The van der Waals surface area contributed by atoms with Crippen LogP contribution in [-0.2, 0) is 11.3 Å². The van der Waals surface area contributed by atoms with Gasteiger partial charge in [0.1, 0.15) is 5.75 Å². The highest BCUT2D eigenvalue weighted by molar-refractivity contribution is 9.10. The molecule has 0 heterocycles. The van der Waals surface area contributed by atoms with E-state index in [4.69, 9.17) is 4.74 Å². The molecular formula is C15H23BrN2O2. The van der Waals surface area contributed by atoms with Crippen LogP contribution >= 0.6 is 15.9 Å². The van der Waals surface area contributed by atoms with Crippen molar-refractivity contribution in [3.63, 3.8) is 0 Å². The molecule has 0 aliphatic rings. The van der Waals surface area contributed by atoms with E-state index in [9.17, 15) is 4.79 Å². The van der Waals surface area contributed by atoms with Gasteiger partial charge in [-0.15, -0.1) is 0 Å². The van der Waals surface area contributed by atoms with Crippen molar-refractivity contribution >= 4 is 21.8 Å². The Bertz CT molecular complexity index is 461. The minimum atomic E-state index is -0.206. The molecule has 0 aromatic heterocycles. The summed E-state index contributed by atoms with van der Waals surface area (Å²) in [7, 11) is 1.88. The predicted octanol–water partition coefficient (Wildman–Crippen LogP) is 2.85. The Morgan fingerprint density at radius 2 is 2.10 bits per heavy atom. The van der Waals surface area contributed by atoms with Crippen molar-refractivity contribution in [2.45, 2.75) is 39.3 Å². The first-order valence-corrected chi connectivity index (χ1v) is 7.54. The van der Waals surface area contributed by atoms with Crippen molar-refractivity contribution in [2.24, 2.45) is 0 Å². The van der Waals surface area contributed by atoms with Gasteiger partial charge in [-0.2, -0.15) is 0 Å². The zero-order valence-corrected chi connectivity index (χ0v) is 14.1. The Morgan fingerprint density at radius 3 is 2.70 bits per heavy atom. The summed E-state index contributed by atoms with van der Waals surface area (Å²) in [6.07, 6.45) is 0.874. The predicted molar refractivity (Wildman–Crippen MR) is 84.9 cm³/mol. The summed E-state index contributed by atoms with van der Waals surface area (Å²) in [5, 5.41) is 6.04. The molecular weight excluding hydrogens is 320 g/mol. The van der Waals surface area contributed by atoms with Gasteiger partial charge in [0.15, 0.2) is 6.61 Å². The number of hydrogen-bond donors (Lipinski definition) is 2. The zero-order valence-electron chi connectivity index (χ0n) is 12.5. The van der Waals surface area contributed by atoms with Crippen molar-refractivity contribution in [3.8, 4) is 5.75 Å². The van der Waals surface area contributed by atoms with Crippen LogP contribution in [0.3, 0.4) is 0 Å². The average molecular weight is 343 g/mol. The van der Waals surface area contributed by atoms with Gasteiger partial charge in [-0.3, -0.25) is 4.79 Å². The van der Waals surface area contributed by atoms with Crippen molar-refractivity contribution in [2.75, 3.05) is 13.7 Å². The lowest BCUT2D eigenvalue weighted by molar-refractivity contribution is -0.124. The van der Waals surface area contributed by atoms with Gasteiger partial charge in [-0.1, -0.05) is 19.1 Å². The Hall–Kier alpha value is -1.07. The van der Waals surface area contributed by atoms with Crippen LogP contribution in [0, 0.1) is 0 Å². The number of nitrogens with one attached hydrogen (secondary N) is 2. The van der Waals surface area contributed by atoms with Crippen LogP contribution in [0.25, 0.3) is 0 Å². The minimum Gasteiger partial charge on any atom is -0.482 e. The third kappa shape index (κ3) is 5.13. The number of hydrogen-bond acceptors (Lipinski definition) is 3. The number of para-hydroxylation sites is 1. The van der Waals surface area contributed by atoms with Crippen LogP contribution in [0.2, 0.25) is 0 Å². The van der Waals surface area contributed by atoms with E-state index in [-0.39, 0.29) is 18.1 Å². The van der Waals surface area contributed by atoms with Crippen LogP contribution in [0.1, 0.15) is 32.8 Å². The normalized spacial score (nSPS) is 11.2. The van der Waals surface area contributed by atoms with E-state index in [0.29, 0.717) is 12.3 Å². The van der Waals surface area contributed by atoms with Gasteiger partial charge < -0.3 is 15.4 Å². The van der Waals surface area contributed by atoms with Gasteiger partial charge in [-0.25, -0.2) is 0 Å². The smallest absolute Gasteiger partial charge is 0.258 e. The van der Waals surface area contributed by atoms with Crippen LogP contribution in [0.5, 0.6) is 5.75 Å². The zero-order chi connectivity index (χ0) is 15.2. The van der Waals surface area contributed by atoms with E-state index in [1.165, 1.54) is 0 Å². The number of ether oxygens (including phenoxy) is 1. The number of carbonyl (C=O) groups is 1. The molecule has 0 fully saturated rings. The maximum Gasteiger partial charge on any atom is 0.258 e. The van der Waals surface area contributed by atoms with E-state index in [1.807, 2.05) is 46.0 Å². The summed E-state index contributed by atoms with van der Waals surface area (Å²) >= 11 is 3.46. The second-order valence-corrected chi connectivity index (χ2v) is 6.19. The summed E-state index contributed by atoms with van der Waals surface area (Å²) in [5.74, 6) is 0.606. The molecule has 5 heteroatoms. The van der Waals surface area contributed by atoms with E-state index in [1.54, 1.807) is 0 Å². The van der Waals surface area contributed by atoms with Gasteiger partial charge in [0.05, 0.1) is 4.47 Å². The first-order chi connectivity index (χ1) is 9.39. The molecule has 0 bridgehead atoms. The molecule has 2 N–H and O–H groups in total. The molecule has 0 atom stereocenters. The Balaban J connectivity index is 2.68. The molecule has 0 saturated heterocycles. The van der Waals surface area contributed by atoms with Crippen LogP contribution in [0.4, 0.5) is 0 Å². The first-order valence-electron chi connectivity index (χ1n) is 6.75. The quantitative estimate of drug-likeness (QED) is 0.800. The second kappa shape index (κ2) is 7.64. The molecule has 1 aromatic carbocycles. The van der Waals surface area contributed by atoms with E-state index in [2.05, 4.69) is 26.6 Å². The SMILES string of the molecule is CCC(C)(C)NC(=O)COc1c(Br)cccc1CNC. The molecule has 112 valence electrons. The maximum atomic E-state index is 11.9. The van der Waals surface area contributed by atoms with Gasteiger partial charge in [0, 0.05) is 17.6 Å². The van der Waals surface area contributed by atoms with Crippen LogP contribution in [-0.4, -0.2) is 25.1 Å². The fraction of sp³-hybridized carbons (Fsp3) is 0.533. The number of halogens is 1. The standard InChI is InChI=1S/C15H23BrN2O2/c1-5-15(2,3)18-13(19)10-20-14-11(9-17-4)7-6-8-12(14)16/h6-8,17H,5,9-10H2,1-4H3,(H,18,19). The highest BCUT2D eigenvalue weighted by atomic mass is 79.9. The Labute approximate surface area is 129 Å². The molecule has 0 spiro atoms. The maximum absolute atomic E-state index is 11.9. The number of benzene rings is 1. The fourth-order valence-corrected chi connectivity index (χ4v) is 2.21. The third-order valence-corrected chi connectivity index (χ3v) is 3.75. The molecule has 0 saturated carbocycles. The van der Waals surface area contributed by atoms with Crippen molar-refractivity contribution < 1.29 is 9.53 Å². The highest BCUT2D eigenvalue weighted by Gasteiger charge is 2.18. The van der Waals surface area contributed by atoms with Crippen molar-refractivity contribution in [1.29, 1.82) is 0 Å². The molecule has 0 aliphatic carbocycles. The molecule has 4 nitrogen and oxygen atoms in total. The summed E-state index contributed by atoms with van der Waals surface area (Å²) in [6.45, 7) is 6.74. The molecule has 0 aliphatic heterocycles. The topological polar surface area (TPSA) is 50.4 Å². The molecule has 1 aromatic rings. The Morgan fingerprint density at radius 1 is 1.40 bits per heavy atom. The lowest BCUT2D eigenvalue weighted by Gasteiger charge is -2.24. The fourth-order valence-electron chi connectivity index (χ4n) is 1.68. The lowest BCUT2D eigenvalue weighted by Crippen LogP contribution is -2.45. The molecule has 0 unspecified atom stereocenters. The average Bonchev–Trinajstić information content (AvgIpc) is 2.38. The van der Waals surface area contributed by atoms with Gasteiger partial charge in [0.2, 0.25) is 0 Å². The van der Waals surface area contributed by atoms with Crippen molar-refractivity contribution in [1.82, 2.24) is 10.6 Å². The lowest BCUT2D eigenvalue weighted by atomic mass is 10.0. The van der Waals surface area contributed by atoms with E-state index < -0.39 is 0 Å². The van der Waals surface area contributed by atoms with Crippen molar-refractivity contribution in [3.05, 3.63) is 28.2 Å². The number of carbonyl (C=O) groups excluding carboxylic acids is 1. The molecule has 1 rings (SSSR count). The van der Waals surface area contributed by atoms with E-state index in [0.717, 1.165) is 16.5 Å². The molecule has 0 radical (unpaired) electrons. The number of rotatable bonds is 7. The number of amides is 1. The van der Waals surface area contributed by atoms with E-state index >= 15 is 0 Å². The Kier molecular flexibility index (Phi) is 6.49. The summed E-state index contributed by atoms with van der Waals surface area (Å²) in [5.41, 5.74) is 0.812. The minimum absolute atomic E-state index is 0.0166. The largest absolute Gasteiger partial charge is 0.482 e. The summed E-state index contributed by atoms with van der Waals surface area (Å²) in [6, 6.07) is 5.83. The van der Waals surface area contributed by atoms with Crippen LogP contribution in [0.15, 0.2) is 22.7 Å². The van der Waals surface area contributed by atoms with Crippen LogP contribution < -0.4 is 15.4 Å². The molecule has 1 amide bonds. The van der Waals surface area contributed by atoms with Gasteiger partial charge in [-0.05, 0) is 49.3 Å². The van der Waals surface area contributed by atoms with Gasteiger partial charge in [0.25, 0.3) is 5.91 Å². The third-order valence-electron chi connectivity index (χ3n) is 3.13. The second-order valence-electron chi connectivity index (χ2n) is 5.33. The monoisotopic (exact) mass is 342 g/mol. The molecule has 20 heavy (non-hydrogen) atoms. The summed E-state index contributed by atoms with van der Waals surface area (Å²) < 4.78 is 6.53. The highest BCUT2D eigenvalue weighted by Crippen LogP contribution is 2.29. The first kappa shape index (κ1) is 17.0. The summed E-state index contributed by atoms with van der Waals surface area (Å²) in [4.78, 5) is 11.9. The van der Waals surface area contributed by atoms with Gasteiger partial charge >= 0.3 is 0 Å².